The molecule has 1 atom stereocenters. The van der Waals surface area contributed by atoms with Crippen molar-refractivity contribution in [2.24, 2.45) is 0 Å². The van der Waals surface area contributed by atoms with Crippen LogP contribution >= 0.6 is 0 Å². The van der Waals surface area contributed by atoms with Crippen LogP contribution in [0.1, 0.15) is 6.92 Å². The Balaban J connectivity index is 2.49. The summed E-state index contributed by atoms with van der Waals surface area (Å²) in [6.45, 7) is 4.30. The first kappa shape index (κ1) is 11.9. The van der Waals surface area contributed by atoms with Crippen molar-refractivity contribution in [2.75, 3.05) is 40.8 Å². The van der Waals surface area contributed by atoms with Gasteiger partial charge in [0.2, 0.25) is 0 Å². The van der Waals surface area contributed by atoms with Crippen molar-refractivity contribution in [1.82, 2.24) is 14.7 Å². The zero-order chi connectivity index (χ0) is 11.4. The van der Waals surface area contributed by atoms with Crippen LogP contribution in [0.5, 0.6) is 0 Å². The third-order valence-corrected chi connectivity index (χ3v) is 2.42. The molecule has 0 bridgehead atoms. The van der Waals surface area contributed by atoms with Crippen molar-refractivity contribution in [2.45, 2.75) is 13.0 Å². The van der Waals surface area contributed by atoms with Crippen LogP contribution in [0, 0.1) is 11.8 Å². The van der Waals surface area contributed by atoms with Crippen LogP contribution in [0.15, 0.2) is 0 Å². The van der Waals surface area contributed by atoms with Gasteiger partial charge < -0.3 is 9.80 Å². The van der Waals surface area contributed by atoms with Crippen LogP contribution in [-0.4, -0.2) is 67.5 Å². The van der Waals surface area contributed by atoms with E-state index in [1.165, 1.54) is 0 Å². The monoisotopic (exact) mass is 209 g/mol. The van der Waals surface area contributed by atoms with Crippen LogP contribution in [0.3, 0.4) is 0 Å². The average Bonchev–Trinajstić information content (AvgIpc) is 2.47. The van der Waals surface area contributed by atoms with Crippen molar-refractivity contribution < 1.29 is 4.79 Å². The van der Waals surface area contributed by atoms with Gasteiger partial charge in [0, 0.05) is 20.1 Å². The van der Waals surface area contributed by atoms with E-state index in [2.05, 4.69) is 11.8 Å². The lowest BCUT2D eigenvalue weighted by Crippen LogP contribution is -2.35. The number of urea groups is 1. The van der Waals surface area contributed by atoms with Crippen molar-refractivity contribution in [3.05, 3.63) is 0 Å². The number of likely N-dealkylation sites (N-methyl/N-ethyl adjacent to an activating group) is 1. The van der Waals surface area contributed by atoms with Crippen LogP contribution < -0.4 is 0 Å². The maximum absolute atomic E-state index is 11.6. The van der Waals surface area contributed by atoms with Gasteiger partial charge in [-0.25, -0.2) is 4.79 Å². The summed E-state index contributed by atoms with van der Waals surface area (Å²) >= 11 is 0. The molecule has 15 heavy (non-hydrogen) atoms. The first-order valence-electron chi connectivity index (χ1n) is 5.17. The highest BCUT2D eigenvalue weighted by atomic mass is 16.2. The van der Waals surface area contributed by atoms with Crippen LogP contribution in [0.4, 0.5) is 4.79 Å². The van der Waals surface area contributed by atoms with Gasteiger partial charge in [-0.05, 0) is 21.0 Å². The molecule has 0 spiro atoms. The molecule has 0 aliphatic carbocycles. The number of amides is 2. The highest BCUT2D eigenvalue weighted by Crippen LogP contribution is 2.09. The van der Waals surface area contributed by atoms with Gasteiger partial charge in [0.15, 0.2) is 0 Å². The Labute approximate surface area is 91.8 Å². The number of nitrogens with zero attached hydrogens (tertiary/aromatic N) is 3. The van der Waals surface area contributed by atoms with E-state index in [9.17, 15) is 4.79 Å². The highest BCUT2D eigenvalue weighted by molar-refractivity contribution is 5.76. The maximum atomic E-state index is 11.6. The minimum Gasteiger partial charge on any atom is -0.326 e. The number of rotatable bonds is 2. The summed E-state index contributed by atoms with van der Waals surface area (Å²) in [5.41, 5.74) is 0. The molecule has 1 fully saturated rings. The smallest absolute Gasteiger partial charge is 0.320 e. The molecule has 1 rings (SSSR count). The molecular weight excluding hydrogens is 190 g/mol. The van der Waals surface area contributed by atoms with Gasteiger partial charge in [-0.3, -0.25) is 4.90 Å². The van der Waals surface area contributed by atoms with Gasteiger partial charge in [-0.2, -0.15) is 0 Å². The molecule has 1 saturated heterocycles. The number of hydrogen-bond donors (Lipinski definition) is 0. The third kappa shape index (κ3) is 3.14. The second-order valence-corrected chi connectivity index (χ2v) is 4.13. The Kier molecular flexibility index (Phi) is 3.98. The maximum Gasteiger partial charge on any atom is 0.320 e. The highest BCUT2D eigenvalue weighted by Gasteiger charge is 2.28. The predicted octanol–water partition coefficient (Wildman–Crippen LogP) is 0.307. The molecule has 1 unspecified atom stereocenters. The van der Waals surface area contributed by atoms with E-state index in [4.69, 9.17) is 0 Å². The van der Waals surface area contributed by atoms with Gasteiger partial charge in [0.05, 0.1) is 12.6 Å². The van der Waals surface area contributed by atoms with Gasteiger partial charge in [0.1, 0.15) is 0 Å². The fourth-order valence-corrected chi connectivity index (χ4v) is 1.46. The van der Waals surface area contributed by atoms with E-state index in [0.717, 1.165) is 19.6 Å². The quantitative estimate of drug-likeness (QED) is 0.612. The van der Waals surface area contributed by atoms with Crippen LogP contribution in [0.2, 0.25) is 0 Å². The molecule has 1 aliphatic rings. The van der Waals surface area contributed by atoms with E-state index in [-0.39, 0.29) is 12.1 Å². The lowest BCUT2D eigenvalue weighted by molar-refractivity contribution is 0.194. The Morgan fingerprint density at radius 1 is 1.47 bits per heavy atom. The van der Waals surface area contributed by atoms with E-state index in [0.29, 0.717) is 0 Å². The van der Waals surface area contributed by atoms with Crippen molar-refractivity contribution in [1.29, 1.82) is 0 Å². The van der Waals surface area contributed by atoms with Gasteiger partial charge in [0.25, 0.3) is 0 Å². The van der Waals surface area contributed by atoms with Crippen molar-refractivity contribution >= 4 is 6.03 Å². The molecule has 0 aromatic rings. The van der Waals surface area contributed by atoms with Gasteiger partial charge in [-0.15, -0.1) is 0 Å². The Hall–Kier alpha value is -1.21. The van der Waals surface area contributed by atoms with E-state index in [1.807, 2.05) is 37.9 Å². The normalized spacial score (nSPS) is 18.1. The van der Waals surface area contributed by atoms with Gasteiger partial charge >= 0.3 is 6.03 Å². The summed E-state index contributed by atoms with van der Waals surface area (Å²) in [5, 5.41) is 0. The summed E-state index contributed by atoms with van der Waals surface area (Å²) in [7, 11) is 5.78. The fourth-order valence-electron chi connectivity index (χ4n) is 1.46. The number of carbonyl (C=O) groups is 1. The molecule has 1 aliphatic heterocycles. The molecule has 4 heteroatoms. The molecule has 1 heterocycles. The molecule has 0 aromatic heterocycles. The molecule has 84 valence electrons. The molecule has 2 amide bonds. The van der Waals surface area contributed by atoms with Crippen LogP contribution in [0.25, 0.3) is 0 Å². The lowest BCUT2D eigenvalue weighted by atomic mass is 10.3. The summed E-state index contributed by atoms with van der Waals surface area (Å²) in [5.74, 6) is 6.15. The molecule has 0 saturated carbocycles. The second-order valence-electron chi connectivity index (χ2n) is 4.13. The Bertz CT molecular complexity index is 290. The molecular formula is C11H19N3O. The lowest BCUT2D eigenvalue weighted by Gasteiger charge is -2.19. The zero-order valence-electron chi connectivity index (χ0n) is 9.95. The minimum absolute atomic E-state index is 0.0161. The first-order valence-corrected chi connectivity index (χ1v) is 5.17. The predicted molar refractivity (Wildman–Crippen MR) is 60.5 cm³/mol. The molecule has 0 aromatic carbocycles. The van der Waals surface area contributed by atoms with Crippen molar-refractivity contribution in [3.63, 3.8) is 0 Å². The number of carbonyl (C=O) groups excluding carboxylic acids is 1. The van der Waals surface area contributed by atoms with Crippen molar-refractivity contribution in [3.8, 4) is 11.8 Å². The summed E-state index contributed by atoms with van der Waals surface area (Å²) in [6.07, 6.45) is 0. The van der Waals surface area contributed by atoms with E-state index < -0.39 is 0 Å². The SMILES string of the molecule is CC(C#CCN(C)C)N1CCN(C)C1=O. The molecule has 0 N–H and O–H groups in total. The minimum atomic E-state index is 0.0161. The van der Waals surface area contributed by atoms with E-state index >= 15 is 0 Å². The fraction of sp³-hybridized carbons (Fsp3) is 0.727. The zero-order valence-corrected chi connectivity index (χ0v) is 9.95. The largest absolute Gasteiger partial charge is 0.326 e. The topological polar surface area (TPSA) is 26.8 Å². The first-order chi connectivity index (χ1) is 7.02. The average molecular weight is 209 g/mol. The standard InChI is InChI=1S/C11H19N3O/c1-10(6-5-7-12(2)3)14-9-8-13(4)11(14)15/h10H,7-9H2,1-4H3. The molecule has 0 radical (unpaired) electrons. The molecule has 4 nitrogen and oxygen atoms in total. The Morgan fingerprint density at radius 2 is 2.13 bits per heavy atom. The Morgan fingerprint density at radius 3 is 2.60 bits per heavy atom. The summed E-state index contributed by atoms with van der Waals surface area (Å²) < 4.78 is 0. The second kappa shape index (κ2) is 5.04. The summed E-state index contributed by atoms with van der Waals surface area (Å²) in [4.78, 5) is 17.2. The summed E-state index contributed by atoms with van der Waals surface area (Å²) in [6, 6.07) is 0.101. The number of hydrogen-bond acceptors (Lipinski definition) is 2. The van der Waals surface area contributed by atoms with Crippen LogP contribution in [-0.2, 0) is 0 Å². The van der Waals surface area contributed by atoms with Gasteiger partial charge in [-0.1, -0.05) is 11.8 Å². The third-order valence-electron chi connectivity index (χ3n) is 2.42. The van der Waals surface area contributed by atoms with E-state index in [1.54, 1.807) is 4.90 Å².